The quantitative estimate of drug-likeness (QED) is 0.780. The molecule has 0 aromatic carbocycles. The van der Waals surface area contributed by atoms with Crippen molar-refractivity contribution in [1.29, 1.82) is 0 Å². The molecule has 0 aliphatic heterocycles. The van der Waals surface area contributed by atoms with Gasteiger partial charge in [-0.2, -0.15) is 0 Å². The number of aromatic nitrogens is 2. The third-order valence-electron chi connectivity index (χ3n) is 4.24. The van der Waals surface area contributed by atoms with Crippen LogP contribution in [0.2, 0.25) is 0 Å². The summed E-state index contributed by atoms with van der Waals surface area (Å²) >= 11 is 5.94. The van der Waals surface area contributed by atoms with Crippen LogP contribution in [-0.4, -0.2) is 30.4 Å². The number of sulfonamides is 1. The SMILES string of the molecule is CCCn1cc(S(=O)(=O)NCC2CCCC2CCl)nc1C. The normalized spacial score (nSPS) is 22.8. The van der Waals surface area contributed by atoms with Crippen LogP contribution >= 0.6 is 11.6 Å². The van der Waals surface area contributed by atoms with Crippen molar-refractivity contribution in [1.82, 2.24) is 14.3 Å². The van der Waals surface area contributed by atoms with Crippen molar-refractivity contribution in [2.24, 2.45) is 11.8 Å². The zero-order valence-electron chi connectivity index (χ0n) is 12.7. The number of nitrogens with zero attached hydrogens (tertiary/aromatic N) is 2. The van der Waals surface area contributed by atoms with E-state index in [4.69, 9.17) is 11.6 Å². The number of halogens is 1. The first-order valence-electron chi connectivity index (χ1n) is 7.57. The van der Waals surface area contributed by atoms with E-state index in [1.165, 1.54) is 0 Å². The van der Waals surface area contributed by atoms with Gasteiger partial charge in [0.25, 0.3) is 10.0 Å². The summed E-state index contributed by atoms with van der Waals surface area (Å²) in [7, 11) is -3.52. The molecule has 120 valence electrons. The van der Waals surface area contributed by atoms with Crippen molar-refractivity contribution < 1.29 is 8.42 Å². The molecule has 0 amide bonds. The molecular formula is C14H24ClN3O2S. The summed E-state index contributed by atoms with van der Waals surface area (Å²) in [6, 6.07) is 0. The fraction of sp³-hybridized carbons (Fsp3) is 0.786. The van der Waals surface area contributed by atoms with Gasteiger partial charge in [-0.1, -0.05) is 13.3 Å². The van der Waals surface area contributed by atoms with Crippen molar-refractivity contribution in [2.75, 3.05) is 12.4 Å². The standard InChI is InChI=1S/C14H24ClN3O2S/c1-3-7-18-10-14(17-11(18)2)21(19,20)16-9-13-6-4-5-12(13)8-15/h10,12-13,16H,3-9H2,1-2H3. The van der Waals surface area contributed by atoms with Gasteiger partial charge < -0.3 is 4.57 Å². The molecule has 0 saturated heterocycles. The van der Waals surface area contributed by atoms with Gasteiger partial charge in [-0.25, -0.2) is 18.1 Å². The number of aryl methyl sites for hydroxylation is 2. The summed E-state index contributed by atoms with van der Waals surface area (Å²) in [6.45, 7) is 5.12. The van der Waals surface area contributed by atoms with Crippen LogP contribution in [0.25, 0.3) is 0 Å². The van der Waals surface area contributed by atoms with Crippen LogP contribution in [-0.2, 0) is 16.6 Å². The number of imidazole rings is 1. The molecule has 1 heterocycles. The average Bonchev–Trinajstić information content (AvgIpc) is 3.04. The zero-order valence-corrected chi connectivity index (χ0v) is 14.3. The lowest BCUT2D eigenvalue weighted by Crippen LogP contribution is -2.31. The van der Waals surface area contributed by atoms with Gasteiger partial charge in [0.1, 0.15) is 5.82 Å². The lowest BCUT2D eigenvalue weighted by atomic mass is 9.98. The van der Waals surface area contributed by atoms with Gasteiger partial charge in [-0.15, -0.1) is 11.6 Å². The Hall–Kier alpha value is -0.590. The molecule has 1 aliphatic rings. The predicted octanol–water partition coefficient (Wildman–Crippen LogP) is 2.53. The maximum atomic E-state index is 12.3. The highest BCUT2D eigenvalue weighted by Crippen LogP contribution is 2.32. The van der Waals surface area contributed by atoms with E-state index < -0.39 is 10.0 Å². The van der Waals surface area contributed by atoms with Crippen molar-refractivity contribution in [3.63, 3.8) is 0 Å². The molecule has 1 saturated carbocycles. The number of nitrogens with one attached hydrogen (secondary N) is 1. The predicted molar refractivity (Wildman–Crippen MR) is 84.0 cm³/mol. The Morgan fingerprint density at radius 3 is 2.81 bits per heavy atom. The number of hydrogen-bond acceptors (Lipinski definition) is 3. The van der Waals surface area contributed by atoms with E-state index in [0.717, 1.165) is 38.1 Å². The number of rotatable bonds is 7. The average molecular weight is 334 g/mol. The van der Waals surface area contributed by atoms with Crippen LogP contribution in [0.4, 0.5) is 0 Å². The maximum Gasteiger partial charge on any atom is 0.259 e. The minimum Gasteiger partial charge on any atom is -0.334 e. The molecule has 2 unspecified atom stereocenters. The zero-order chi connectivity index (χ0) is 15.5. The minimum atomic E-state index is -3.52. The van der Waals surface area contributed by atoms with Crippen molar-refractivity contribution >= 4 is 21.6 Å². The van der Waals surface area contributed by atoms with Crippen LogP contribution in [0.15, 0.2) is 11.2 Å². The molecule has 5 nitrogen and oxygen atoms in total. The highest BCUT2D eigenvalue weighted by Gasteiger charge is 2.28. The van der Waals surface area contributed by atoms with Crippen LogP contribution in [0.5, 0.6) is 0 Å². The van der Waals surface area contributed by atoms with Gasteiger partial charge in [0.05, 0.1) is 0 Å². The fourth-order valence-electron chi connectivity index (χ4n) is 2.95. The highest BCUT2D eigenvalue weighted by atomic mass is 35.5. The summed E-state index contributed by atoms with van der Waals surface area (Å²) in [6.07, 6.45) is 5.84. The van der Waals surface area contributed by atoms with E-state index in [0.29, 0.717) is 24.3 Å². The van der Waals surface area contributed by atoms with Crippen LogP contribution < -0.4 is 4.72 Å². The maximum absolute atomic E-state index is 12.3. The van der Waals surface area contributed by atoms with E-state index in [2.05, 4.69) is 16.6 Å². The minimum absolute atomic E-state index is 0.119. The molecule has 0 bridgehead atoms. The molecule has 1 aromatic rings. The topological polar surface area (TPSA) is 64.0 Å². The van der Waals surface area contributed by atoms with Gasteiger partial charge in [-0.05, 0) is 38.0 Å². The highest BCUT2D eigenvalue weighted by molar-refractivity contribution is 7.89. The van der Waals surface area contributed by atoms with Gasteiger partial charge in [0.2, 0.25) is 0 Å². The van der Waals surface area contributed by atoms with E-state index in [-0.39, 0.29) is 5.03 Å². The smallest absolute Gasteiger partial charge is 0.259 e. The first-order valence-corrected chi connectivity index (χ1v) is 9.59. The molecular weight excluding hydrogens is 310 g/mol. The Labute approximate surface area is 132 Å². The Morgan fingerprint density at radius 1 is 1.43 bits per heavy atom. The van der Waals surface area contributed by atoms with E-state index in [1.807, 2.05) is 11.5 Å². The monoisotopic (exact) mass is 333 g/mol. The Balaban J connectivity index is 2.03. The van der Waals surface area contributed by atoms with E-state index in [1.54, 1.807) is 6.20 Å². The molecule has 1 fully saturated rings. The fourth-order valence-corrected chi connectivity index (χ4v) is 4.46. The number of alkyl halides is 1. The molecule has 7 heteroatoms. The number of hydrogen-bond donors (Lipinski definition) is 1. The van der Waals surface area contributed by atoms with Gasteiger partial charge >= 0.3 is 0 Å². The summed E-state index contributed by atoms with van der Waals surface area (Å²) in [4.78, 5) is 4.17. The lowest BCUT2D eigenvalue weighted by molar-refractivity contribution is 0.418. The van der Waals surface area contributed by atoms with Gasteiger partial charge in [0, 0.05) is 25.2 Å². The Kier molecular flexibility index (Phi) is 5.68. The second-order valence-electron chi connectivity index (χ2n) is 5.78. The third kappa shape index (κ3) is 3.99. The molecule has 2 rings (SSSR count). The van der Waals surface area contributed by atoms with Gasteiger partial charge in [-0.3, -0.25) is 0 Å². The largest absolute Gasteiger partial charge is 0.334 e. The molecule has 0 spiro atoms. The molecule has 1 N–H and O–H groups in total. The summed E-state index contributed by atoms with van der Waals surface area (Å²) < 4.78 is 29.3. The van der Waals surface area contributed by atoms with E-state index >= 15 is 0 Å². The van der Waals surface area contributed by atoms with Crippen molar-refractivity contribution in [3.05, 3.63) is 12.0 Å². The molecule has 1 aliphatic carbocycles. The molecule has 1 aromatic heterocycles. The van der Waals surface area contributed by atoms with Crippen LogP contribution in [0.1, 0.15) is 38.4 Å². The summed E-state index contributed by atoms with van der Waals surface area (Å²) in [5.74, 6) is 2.11. The van der Waals surface area contributed by atoms with Crippen molar-refractivity contribution in [3.8, 4) is 0 Å². The summed E-state index contributed by atoms with van der Waals surface area (Å²) in [5, 5.41) is 0.119. The second-order valence-corrected chi connectivity index (χ2v) is 7.80. The van der Waals surface area contributed by atoms with Crippen LogP contribution in [0, 0.1) is 18.8 Å². The lowest BCUT2D eigenvalue weighted by Gasteiger charge is -2.17. The Bertz CT molecular complexity index is 571. The molecule has 2 atom stereocenters. The molecule has 0 radical (unpaired) electrons. The summed E-state index contributed by atoms with van der Waals surface area (Å²) in [5.41, 5.74) is 0. The van der Waals surface area contributed by atoms with Crippen LogP contribution in [0.3, 0.4) is 0 Å². The second kappa shape index (κ2) is 7.11. The third-order valence-corrected chi connectivity index (χ3v) is 5.93. The first kappa shape index (κ1) is 16.8. The van der Waals surface area contributed by atoms with E-state index in [9.17, 15) is 8.42 Å². The van der Waals surface area contributed by atoms with Gasteiger partial charge in [0.15, 0.2) is 5.03 Å². The molecule has 21 heavy (non-hydrogen) atoms. The Morgan fingerprint density at radius 2 is 2.14 bits per heavy atom. The van der Waals surface area contributed by atoms with Crippen molar-refractivity contribution in [2.45, 2.75) is 51.1 Å². The first-order chi connectivity index (χ1) is 9.97.